The summed E-state index contributed by atoms with van der Waals surface area (Å²) in [5.41, 5.74) is 2.87. The highest BCUT2D eigenvalue weighted by molar-refractivity contribution is 5.84. The van der Waals surface area contributed by atoms with Crippen LogP contribution < -0.4 is 10.1 Å². The number of aromatic nitrogens is 5. The smallest absolute Gasteiger partial charge is 0.183 e. The Kier molecular flexibility index (Phi) is 4.22. The maximum absolute atomic E-state index is 5.71. The van der Waals surface area contributed by atoms with Crippen molar-refractivity contribution in [2.75, 3.05) is 18.5 Å². The van der Waals surface area contributed by atoms with Crippen LogP contribution in [-0.2, 0) is 0 Å². The first-order valence-electron chi connectivity index (χ1n) is 8.28. The number of benzene rings is 1. The van der Waals surface area contributed by atoms with Gasteiger partial charge in [0.15, 0.2) is 17.3 Å². The van der Waals surface area contributed by atoms with Gasteiger partial charge in [-0.3, -0.25) is 0 Å². The molecule has 0 aliphatic rings. The molecule has 4 aromatic rings. The van der Waals surface area contributed by atoms with E-state index in [1.807, 2.05) is 44.2 Å². The van der Waals surface area contributed by atoms with Crippen molar-refractivity contribution >= 4 is 17.0 Å². The molecule has 0 atom stereocenters. The predicted molar refractivity (Wildman–Crippen MR) is 97.1 cm³/mol. The molecular weight excluding hydrogens is 332 g/mol. The van der Waals surface area contributed by atoms with E-state index < -0.39 is 0 Å². The molecule has 2 N–H and O–H groups in total. The molecule has 0 unspecified atom stereocenters. The first-order valence-corrected chi connectivity index (χ1v) is 8.28. The number of nitrogens with zero attached hydrogens (tertiary/aromatic N) is 4. The average Bonchev–Trinajstić information content (AvgIpc) is 3.25. The monoisotopic (exact) mass is 350 g/mol. The van der Waals surface area contributed by atoms with Crippen molar-refractivity contribution in [3.63, 3.8) is 0 Å². The van der Waals surface area contributed by atoms with E-state index in [1.165, 1.54) is 0 Å². The maximum atomic E-state index is 5.71. The van der Waals surface area contributed by atoms with Crippen LogP contribution in [0, 0.1) is 13.8 Å². The van der Waals surface area contributed by atoms with Gasteiger partial charge in [0, 0.05) is 0 Å². The molecule has 0 amide bonds. The molecule has 3 aromatic heterocycles. The lowest BCUT2D eigenvalue weighted by atomic mass is 10.2. The maximum Gasteiger partial charge on any atom is 0.183 e. The van der Waals surface area contributed by atoms with Gasteiger partial charge in [-0.05, 0) is 26.0 Å². The number of H-pyrrole nitrogens is 1. The third kappa shape index (κ3) is 3.08. The van der Waals surface area contributed by atoms with Crippen molar-refractivity contribution in [2.45, 2.75) is 13.8 Å². The molecule has 0 bridgehead atoms. The van der Waals surface area contributed by atoms with Gasteiger partial charge in [-0.25, -0.2) is 15.0 Å². The summed E-state index contributed by atoms with van der Waals surface area (Å²) in [5, 5.41) is 7.26. The van der Waals surface area contributed by atoms with Gasteiger partial charge in [-0.1, -0.05) is 23.4 Å². The molecule has 0 spiro atoms. The van der Waals surface area contributed by atoms with Crippen LogP contribution in [0.3, 0.4) is 0 Å². The molecule has 8 nitrogen and oxygen atoms in total. The topological polar surface area (TPSA) is 102 Å². The van der Waals surface area contributed by atoms with Gasteiger partial charge in [0.1, 0.15) is 23.6 Å². The number of ether oxygens (including phenoxy) is 1. The number of aromatic amines is 1. The van der Waals surface area contributed by atoms with E-state index in [0.29, 0.717) is 36.2 Å². The van der Waals surface area contributed by atoms with Crippen molar-refractivity contribution < 1.29 is 9.26 Å². The van der Waals surface area contributed by atoms with Gasteiger partial charge in [0.05, 0.1) is 24.1 Å². The second-order valence-electron chi connectivity index (χ2n) is 5.78. The average molecular weight is 350 g/mol. The summed E-state index contributed by atoms with van der Waals surface area (Å²) in [7, 11) is 0. The first-order chi connectivity index (χ1) is 12.7. The zero-order valence-corrected chi connectivity index (χ0v) is 14.5. The lowest BCUT2D eigenvalue weighted by molar-refractivity contribution is 0.333. The van der Waals surface area contributed by atoms with Gasteiger partial charge < -0.3 is 19.6 Å². The number of hydrogen-bond acceptors (Lipinski definition) is 7. The molecule has 4 rings (SSSR count). The number of hydrogen-bond donors (Lipinski definition) is 2. The van der Waals surface area contributed by atoms with E-state index in [4.69, 9.17) is 9.26 Å². The van der Waals surface area contributed by atoms with Crippen molar-refractivity contribution in [3.05, 3.63) is 48.1 Å². The van der Waals surface area contributed by atoms with Gasteiger partial charge in [-0.15, -0.1) is 0 Å². The summed E-state index contributed by atoms with van der Waals surface area (Å²) in [6, 6.07) is 9.69. The van der Waals surface area contributed by atoms with Crippen molar-refractivity contribution in [3.8, 4) is 17.1 Å². The molecule has 8 heteroatoms. The molecule has 0 aliphatic heterocycles. The molecule has 0 saturated heterocycles. The van der Waals surface area contributed by atoms with E-state index in [9.17, 15) is 0 Å². The second-order valence-corrected chi connectivity index (χ2v) is 5.78. The molecule has 26 heavy (non-hydrogen) atoms. The molecule has 132 valence electrons. The minimum absolute atomic E-state index is 0.504. The van der Waals surface area contributed by atoms with Crippen LogP contribution in [0.5, 0.6) is 5.75 Å². The SMILES string of the molecule is Cc1noc(C)c1-c1nc(NCCOc2ccccc2)c2[nH]cnc2n1. The quantitative estimate of drug-likeness (QED) is 0.515. The minimum atomic E-state index is 0.504. The van der Waals surface area contributed by atoms with E-state index in [-0.39, 0.29) is 0 Å². The van der Waals surface area contributed by atoms with Crippen LogP contribution in [0.15, 0.2) is 41.2 Å². The van der Waals surface area contributed by atoms with Crippen LogP contribution in [0.2, 0.25) is 0 Å². The predicted octanol–water partition coefficient (Wildman–Crippen LogP) is 3.12. The van der Waals surface area contributed by atoms with Gasteiger partial charge in [0.25, 0.3) is 0 Å². The Labute approximate surface area is 149 Å². The molecule has 3 heterocycles. The molecule has 1 aromatic carbocycles. The standard InChI is InChI=1S/C18H18N6O2/c1-11-14(12(2)26-24-11)16-22-17(15-18(23-16)21-10-20-15)19-8-9-25-13-6-4-3-5-7-13/h3-7,10H,8-9H2,1-2H3,(H2,19,20,21,22,23). The largest absolute Gasteiger partial charge is 0.492 e. The Morgan fingerprint density at radius 3 is 2.77 bits per heavy atom. The second kappa shape index (κ2) is 6.83. The van der Waals surface area contributed by atoms with Crippen molar-refractivity contribution in [1.82, 2.24) is 25.1 Å². The van der Waals surface area contributed by atoms with E-state index in [1.54, 1.807) is 6.33 Å². The number of imidazole rings is 1. The van der Waals surface area contributed by atoms with Crippen LogP contribution in [0.4, 0.5) is 5.82 Å². The normalized spacial score (nSPS) is 11.0. The zero-order valence-electron chi connectivity index (χ0n) is 14.5. The van der Waals surface area contributed by atoms with Crippen LogP contribution in [0.25, 0.3) is 22.6 Å². The molecule has 0 saturated carbocycles. The summed E-state index contributed by atoms with van der Waals surface area (Å²) in [5.74, 6) is 2.71. The molecule has 0 radical (unpaired) electrons. The Morgan fingerprint density at radius 1 is 1.15 bits per heavy atom. The van der Waals surface area contributed by atoms with Gasteiger partial charge in [0.2, 0.25) is 0 Å². The summed E-state index contributed by atoms with van der Waals surface area (Å²) < 4.78 is 10.9. The number of fused-ring (bicyclic) bond motifs is 1. The van der Waals surface area contributed by atoms with Crippen LogP contribution in [0.1, 0.15) is 11.5 Å². The summed E-state index contributed by atoms with van der Waals surface area (Å²) in [6.45, 7) is 4.80. The zero-order chi connectivity index (χ0) is 17.9. The van der Waals surface area contributed by atoms with E-state index in [0.717, 1.165) is 22.5 Å². The Morgan fingerprint density at radius 2 is 2.00 bits per heavy atom. The summed E-state index contributed by atoms with van der Waals surface area (Å²) in [4.78, 5) is 16.5. The number of para-hydroxylation sites is 1. The number of aryl methyl sites for hydroxylation is 2. The molecule has 0 aliphatic carbocycles. The van der Waals surface area contributed by atoms with E-state index in [2.05, 4.69) is 30.4 Å². The minimum Gasteiger partial charge on any atom is -0.492 e. The number of rotatable bonds is 6. The fourth-order valence-corrected chi connectivity index (χ4v) is 2.73. The lowest BCUT2D eigenvalue weighted by Gasteiger charge is -2.09. The van der Waals surface area contributed by atoms with Gasteiger partial charge >= 0.3 is 0 Å². The Hall–Kier alpha value is -3.42. The Bertz CT molecular complexity index is 1010. The third-order valence-electron chi connectivity index (χ3n) is 3.95. The third-order valence-corrected chi connectivity index (χ3v) is 3.95. The fraction of sp³-hybridized carbons (Fsp3) is 0.222. The summed E-state index contributed by atoms with van der Waals surface area (Å²) >= 11 is 0. The van der Waals surface area contributed by atoms with E-state index >= 15 is 0 Å². The highest BCUT2D eigenvalue weighted by atomic mass is 16.5. The highest BCUT2D eigenvalue weighted by Crippen LogP contribution is 2.27. The fourth-order valence-electron chi connectivity index (χ4n) is 2.73. The van der Waals surface area contributed by atoms with Crippen LogP contribution >= 0.6 is 0 Å². The van der Waals surface area contributed by atoms with Crippen molar-refractivity contribution in [2.24, 2.45) is 0 Å². The number of anilines is 1. The highest BCUT2D eigenvalue weighted by Gasteiger charge is 2.18. The lowest BCUT2D eigenvalue weighted by Crippen LogP contribution is -2.13. The number of nitrogens with one attached hydrogen (secondary N) is 2. The van der Waals surface area contributed by atoms with Gasteiger partial charge in [-0.2, -0.15) is 0 Å². The molecular formula is C18H18N6O2. The van der Waals surface area contributed by atoms with Crippen LogP contribution in [-0.4, -0.2) is 38.2 Å². The molecule has 0 fully saturated rings. The Balaban J connectivity index is 1.55. The summed E-state index contributed by atoms with van der Waals surface area (Å²) in [6.07, 6.45) is 1.60. The first kappa shape index (κ1) is 16.1. The van der Waals surface area contributed by atoms with Crippen molar-refractivity contribution in [1.29, 1.82) is 0 Å².